The minimum absolute atomic E-state index is 0.529. The molecule has 2 heteroatoms. The van der Waals surface area contributed by atoms with Crippen LogP contribution in [0.15, 0.2) is 18.2 Å². The highest BCUT2D eigenvalue weighted by atomic mass is 15.2. The first-order valence-corrected chi connectivity index (χ1v) is 6.73. The van der Waals surface area contributed by atoms with Crippen molar-refractivity contribution in [1.82, 2.24) is 4.90 Å². The van der Waals surface area contributed by atoms with E-state index in [0.717, 1.165) is 13.0 Å². The maximum absolute atomic E-state index is 5.78. The molecule has 0 spiro atoms. The molecular formula is C15H24N2. The molecule has 0 aromatic heterocycles. The van der Waals surface area contributed by atoms with Gasteiger partial charge in [-0.15, -0.1) is 0 Å². The molecular weight excluding hydrogens is 208 g/mol. The van der Waals surface area contributed by atoms with Gasteiger partial charge in [-0.05, 0) is 69.4 Å². The molecule has 1 fully saturated rings. The molecule has 1 aliphatic heterocycles. The van der Waals surface area contributed by atoms with Crippen molar-refractivity contribution >= 4 is 0 Å². The van der Waals surface area contributed by atoms with Gasteiger partial charge in [0.15, 0.2) is 0 Å². The Balaban J connectivity index is 2.21. The van der Waals surface area contributed by atoms with E-state index in [4.69, 9.17) is 5.73 Å². The molecule has 1 aromatic carbocycles. The zero-order chi connectivity index (χ0) is 12.3. The summed E-state index contributed by atoms with van der Waals surface area (Å²) in [7, 11) is 0. The molecule has 2 nitrogen and oxygen atoms in total. The molecule has 0 saturated carbocycles. The molecule has 0 amide bonds. The van der Waals surface area contributed by atoms with Gasteiger partial charge in [-0.2, -0.15) is 0 Å². The smallest absolute Gasteiger partial charge is 0.0360 e. The first-order chi connectivity index (χ1) is 8.22. The molecule has 1 unspecified atom stereocenters. The molecule has 2 rings (SSSR count). The van der Waals surface area contributed by atoms with E-state index >= 15 is 0 Å². The first kappa shape index (κ1) is 12.6. The Hall–Kier alpha value is -0.860. The standard InChI is InChI=1S/C15H24N2/c1-12-5-6-14(11-13(12)2)15(7-8-16)17-9-3-4-10-17/h5-6,11,15H,3-4,7-10,16H2,1-2H3. The van der Waals surface area contributed by atoms with Crippen LogP contribution >= 0.6 is 0 Å². The van der Waals surface area contributed by atoms with Crippen LogP contribution in [0.2, 0.25) is 0 Å². The average molecular weight is 232 g/mol. The Morgan fingerprint density at radius 2 is 1.88 bits per heavy atom. The van der Waals surface area contributed by atoms with Gasteiger partial charge in [0.1, 0.15) is 0 Å². The molecule has 1 atom stereocenters. The molecule has 17 heavy (non-hydrogen) atoms. The minimum Gasteiger partial charge on any atom is -0.330 e. The van der Waals surface area contributed by atoms with Crippen LogP contribution in [0.1, 0.15) is 42.0 Å². The van der Waals surface area contributed by atoms with E-state index < -0.39 is 0 Å². The third kappa shape index (κ3) is 2.88. The third-order valence-corrected chi connectivity index (χ3v) is 3.94. The fraction of sp³-hybridized carbons (Fsp3) is 0.600. The maximum atomic E-state index is 5.78. The van der Waals surface area contributed by atoms with E-state index in [9.17, 15) is 0 Å². The first-order valence-electron chi connectivity index (χ1n) is 6.73. The Kier molecular flexibility index (Phi) is 4.19. The highest BCUT2D eigenvalue weighted by molar-refractivity contribution is 5.31. The monoisotopic (exact) mass is 232 g/mol. The fourth-order valence-corrected chi connectivity index (χ4v) is 2.74. The van der Waals surface area contributed by atoms with Crippen molar-refractivity contribution in [2.75, 3.05) is 19.6 Å². The Morgan fingerprint density at radius 3 is 2.47 bits per heavy atom. The largest absolute Gasteiger partial charge is 0.330 e. The van der Waals surface area contributed by atoms with Gasteiger partial charge >= 0.3 is 0 Å². The van der Waals surface area contributed by atoms with E-state index in [0.29, 0.717) is 6.04 Å². The lowest BCUT2D eigenvalue weighted by Gasteiger charge is -2.28. The second-order valence-corrected chi connectivity index (χ2v) is 5.18. The average Bonchev–Trinajstić information content (AvgIpc) is 2.83. The van der Waals surface area contributed by atoms with E-state index in [1.165, 1.54) is 42.6 Å². The summed E-state index contributed by atoms with van der Waals surface area (Å²) in [4.78, 5) is 2.59. The zero-order valence-corrected chi connectivity index (χ0v) is 11.1. The van der Waals surface area contributed by atoms with Gasteiger partial charge < -0.3 is 5.73 Å². The molecule has 0 aliphatic carbocycles. The van der Waals surface area contributed by atoms with Crippen LogP contribution in [0.25, 0.3) is 0 Å². The van der Waals surface area contributed by atoms with Gasteiger partial charge in [0.25, 0.3) is 0 Å². The van der Waals surface area contributed by atoms with Crippen molar-refractivity contribution in [1.29, 1.82) is 0 Å². The van der Waals surface area contributed by atoms with E-state index in [-0.39, 0.29) is 0 Å². The highest BCUT2D eigenvalue weighted by Crippen LogP contribution is 2.28. The second-order valence-electron chi connectivity index (χ2n) is 5.18. The Labute approximate surface area is 105 Å². The molecule has 0 bridgehead atoms. The number of nitrogens with two attached hydrogens (primary N) is 1. The molecule has 1 saturated heterocycles. The second kappa shape index (κ2) is 5.65. The van der Waals surface area contributed by atoms with Crippen LogP contribution in [0.3, 0.4) is 0 Å². The van der Waals surface area contributed by atoms with Crippen LogP contribution in [0.5, 0.6) is 0 Å². The van der Waals surface area contributed by atoms with Crippen molar-refractivity contribution in [2.45, 2.75) is 39.2 Å². The normalized spacial score (nSPS) is 18.5. The number of nitrogens with zero attached hydrogens (tertiary/aromatic N) is 1. The summed E-state index contributed by atoms with van der Waals surface area (Å²) >= 11 is 0. The summed E-state index contributed by atoms with van der Waals surface area (Å²) in [6.07, 6.45) is 3.75. The number of rotatable bonds is 4. The van der Waals surface area contributed by atoms with Crippen LogP contribution in [0.4, 0.5) is 0 Å². The lowest BCUT2D eigenvalue weighted by molar-refractivity contribution is 0.236. The van der Waals surface area contributed by atoms with Crippen molar-refractivity contribution in [2.24, 2.45) is 5.73 Å². The molecule has 94 valence electrons. The molecule has 1 aromatic rings. The van der Waals surface area contributed by atoms with Gasteiger partial charge in [-0.3, -0.25) is 4.90 Å². The Bertz CT molecular complexity index is 367. The summed E-state index contributed by atoms with van der Waals surface area (Å²) in [6, 6.07) is 7.39. The van der Waals surface area contributed by atoms with Crippen LogP contribution in [-0.2, 0) is 0 Å². The number of likely N-dealkylation sites (tertiary alicyclic amines) is 1. The quantitative estimate of drug-likeness (QED) is 0.865. The minimum atomic E-state index is 0.529. The predicted octanol–water partition coefficient (Wildman–Crippen LogP) is 2.79. The number of aryl methyl sites for hydroxylation is 2. The van der Waals surface area contributed by atoms with Crippen LogP contribution in [0, 0.1) is 13.8 Å². The zero-order valence-electron chi connectivity index (χ0n) is 11.1. The van der Waals surface area contributed by atoms with E-state index in [1.807, 2.05) is 0 Å². The predicted molar refractivity (Wildman–Crippen MR) is 73.1 cm³/mol. The van der Waals surface area contributed by atoms with Crippen molar-refractivity contribution in [3.05, 3.63) is 34.9 Å². The van der Waals surface area contributed by atoms with Crippen molar-refractivity contribution in [3.8, 4) is 0 Å². The van der Waals surface area contributed by atoms with Crippen molar-refractivity contribution in [3.63, 3.8) is 0 Å². The summed E-state index contributed by atoms with van der Waals surface area (Å²) in [6.45, 7) is 7.61. The van der Waals surface area contributed by atoms with Gasteiger partial charge in [-0.25, -0.2) is 0 Å². The van der Waals surface area contributed by atoms with Gasteiger partial charge in [0.2, 0.25) is 0 Å². The number of benzene rings is 1. The molecule has 0 radical (unpaired) electrons. The summed E-state index contributed by atoms with van der Waals surface area (Å²) < 4.78 is 0. The number of hydrogen-bond acceptors (Lipinski definition) is 2. The maximum Gasteiger partial charge on any atom is 0.0360 e. The fourth-order valence-electron chi connectivity index (χ4n) is 2.74. The van der Waals surface area contributed by atoms with Gasteiger partial charge in [0, 0.05) is 6.04 Å². The van der Waals surface area contributed by atoms with Crippen LogP contribution in [-0.4, -0.2) is 24.5 Å². The highest BCUT2D eigenvalue weighted by Gasteiger charge is 2.22. The lowest BCUT2D eigenvalue weighted by atomic mass is 9.98. The van der Waals surface area contributed by atoms with Crippen LogP contribution < -0.4 is 5.73 Å². The van der Waals surface area contributed by atoms with Gasteiger partial charge in [0.05, 0.1) is 0 Å². The van der Waals surface area contributed by atoms with Crippen molar-refractivity contribution < 1.29 is 0 Å². The SMILES string of the molecule is Cc1ccc(C(CCN)N2CCCC2)cc1C. The topological polar surface area (TPSA) is 29.3 Å². The molecule has 1 aliphatic rings. The lowest BCUT2D eigenvalue weighted by Crippen LogP contribution is -2.27. The summed E-state index contributed by atoms with van der Waals surface area (Å²) in [5, 5.41) is 0. The van der Waals surface area contributed by atoms with E-state index in [1.54, 1.807) is 0 Å². The molecule has 2 N–H and O–H groups in total. The Morgan fingerprint density at radius 1 is 1.18 bits per heavy atom. The third-order valence-electron chi connectivity index (χ3n) is 3.94. The van der Waals surface area contributed by atoms with E-state index in [2.05, 4.69) is 36.9 Å². The molecule has 1 heterocycles. The summed E-state index contributed by atoms with van der Waals surface area (Å²) in [5.74, 6) is 0. The van der Waals surface area contributed by atoms with Gasteiger partial charge in [-0.1, -0.05) is 18.2 Å². The summed E-state index contributed by atoms with van der Waals surface area (Å²) in [5.41, 5.74) is 9.99. The number of hydrogen-bond donors (Lipinski definition) is 1.